The van der Waals surface area contributed by atoms with Crippen molar-refractivity contribution < 1.29 is 13.5 Å². The molecular formula is C12H11F2N3O. The van der Waals surface area contributed by atoms with Crippen LogP contribution in [0.4, 0.5) is 14.7 Å². The Morgan fingerprint density at radius 2 is 1.83 bits per heavy atom. The van der Waals surface area contributed by atoms with Gasteiger partial charge in [0.1, 0.15) is 5.75 Å². The first-order valence-corrected chi connectivity index (χ1v) is 5.21. The lowest BCUT2D eigenvalue weighted by molar-refractivity contribution is -0.0498. The number of halogens is 2. The molecule has 2 N–H and O–H groups in total. The van der Waals surface area contributed by atoms with Crippen molar-refractivity contribution in [2.24, 2.45) is 0 Å². The second kappa shape index (κ2) is 4.95. The molecule has 0 spiro atoms. The molecule has 1 aromatic carbocycles. The minimum absolute atomic E-state index is 0.104. The zero-order valence-electron chi connectivity index (χ0n) is 9.60. The van der Waals surface area contributed by atoms with E-state index in [4.69, 9.17) is 5.73 Å². The Morgan fingerprint density at radius 1 is 1.17 bits per heavy atom. The minimum atomic E-state index is -2.83. The molecule has 0 saturated carbocycles. The van der Waals surface area contributed by atoms with E-state index >= 15 is 0 Å². The second-order valence-electron chi connectivity index (χ2n) is 3.66. The van der Waals surface area contributed by atoms with Gasteiger partial charge in [-0.25, -0.2) is 9.97 Å². The third kappa shape index (κ3) is 2.91. The molecule has 6 heteroatoms. The molecule has 18 heavy (non-hydrogen) atoms. The molecule has 0 aliphatic rings. The fourth-order valence-electron chi connectivity index (χ4n) is 1.55. The first kappa shape index (κ1) is 12.2. The summed E-state index contributed by atoms with van der Waals surface area (Å²) in [5, 5.41) is 0. The first-order chi connectivity index (χ1) is 8.54. The van der Waals surface area contributed by atoms with Crippen LogP contribution in [-0.2, 0) is 0 Å². The fourth-order valence-corrected chi connectivity index (χ4v) is 1.55. The van der Waals surface area contributed by atoms with Gasteiger partial charge in [-0.15, -0.1) is 0 Å². The van der Waals surface area contributed by atoms with Crippen LogP contribution in [0.2, 0.25) is 0 Å². The van der Waals surface area contributed by atoms with Crippen molar-refractivity contribution in [2.75, 3.05) is 5.73 Å². The topological polar surface area (TPSA) is 61.0 Å². The van der Waals surface area contributed by atoms with Gasteiger partial charge in [0.15, 0.2) is 0 Å². The van der Waals surface area contributed by atoms with Crippen molar-refractivity contribution in [3.8, 4) is 17.0 Å². The van der Waals surface area contributed by atoms with Gasteiger partial charge in [0.2, 0.25) is 5.95 Å². The molecule has 2 rings (SSSR count). The molecule has 0 fully saturated rings. The summed E-state index contributed by atoms with van der Waals surface area (Å²) in [5.41, 5.74) is 7.69. The lowest BCUT2D eigenvalue weighted by Gasteiger charge is -2.06. The number of nitrogen functional groups attached to an aromatic ring is 1. The highest BCUT2D eigenvalue weighted by Crippen LogP contribution is 2.22. The molecular weight excluding hydrogens is 240 g/mol. The third-order valence-corrected chi connectivity index (χ3v) is 2.25. The van der Waals surface area contributed by atoms with Crippen LogP contribution in [-0.4, -0.2) is 16.6 Å². The summed E-state index contributed by atoms with van der Waals surface area (Å²) in [6, 6.07) is 7.95. The zero-order chi connectivity index (χ0) is 13.1. The first-order valence-electron chi connectivity index (χ1n) is 5.21. The van der Waals surface area contributed by atoms with Gasteiger partial charge in [0.25, 0.3) is 0 Å². The summed E-state index contributed by atoms with van der Waals surface area (Å²) in [7, 11) is 0. The summed E-state index contributed by atoms with van der Waals surface area (Å²) in [6.07, 6.45) is 0. The van der Waals surface area contributed by atoms with E-state index in [0.29, 0.717) is 5.69 Å². The Morgan fingerprint density at radius 3 is 2.39 bits per heavy atom. The summed E-state index contributed by atoms with van der Waals surface area (Å²) in [6.45, 7) is -1.02. The lowest BCUT2D eigenvalue weighted by atomic mass is 10.1. The SMILES string of the molecule is Cc1cc(-c2ccc(OC(F)F)cc2)nc(N)n1. The molecule has 0 atom stereocenters. The van der Waals surface area contributed by atoms with Crippen LogP contribution in [0, 0.1) is 6.92 Å². The highest BCUT2D eigenvalue weighted by molar-refractivity contribution is 5.61. The van der Waals surface area contributed by atoms with Gasteiger partial charge in [-0.1, -0.05) is 0 Å². The molecule has 1 heterocycles. The van der Waals surface area contributed by atoms with Gasteiger partial charge < -0.3 is 10.5 Å². The van der Waals surface area contributed by atoms with Gasteiger partial charge >= 0.3 is 6.61 Å². The fraction of sp³-hybridized carbons (Fsp3) is 0.167. The van der Waals surface area contributed by atoms with E-state index in [1.54, 1.807) is 25.1 Å². The molecule has 0 aliphatic heterocycles. The van der Waals surface area contributed by atoms with Crippen molar-refractivity contribution in [1.29, 1.82) is 0 Å². The maximum atomic E-state index is 12.0. The van der Waals surface area contributed by atoms with E-state index < -0.39 is 6.61 Å². The molecule has 0 aliphatic carbocycles. The Labute approximate surface area is 102 Å². The molecule has 0 saturated heterocycles. The maximum Gasteiger partial charge on any atom is 0.387 e. The summed E-state index contributed by atoms with van der Waals surface area (Å²) >= 11 is 0. The number of benzene rings is 1. The standard InChI is InChI=1S/C12H11F2N3O/c1-7-6-10(17-12(15)16-7)8-2-4-9(5-3-8)18-11(13)14/h2-6,11H,1H3,(H2,15,16,17). The number of anilines is 1. The largest absolute Gasteiger partial charge is 0.435 e. The Kier molecular flexibility index (Phi) is 3.36. The van der Waals surface area contributed by atoms with Gasteiger partial charge in [-0.2, -0.15) is 8.78 Å². The number of hydrogen-bond acceptors (Lipinski definition) is 4. The second-order valence-corrected chi connectivity index (χ2v) is 3.66. The maximum absolute atomic E-state index is 12.0. The monoisotopic (exact) mass is 251 g/mol. The normalized spacial score (nSPS) is 10.7. The zero-order valence-corrected chi connectivity index (χ0v) is 9.60. The van der Waals surface area contributed by atoms with Crippen LogP contribution in [0.3, 0.4) is 0 Å². The highest BCUT2D eigenvalue weighted by atomic mass is 19.3. The van der Waals surface area contributed by atoms with Gasteiger partial charge in [0.05, 0.1) is 5.69 Å². The molecule has 1 aromatic heterocycles. The van der Waals surface area contributed by atoms with Crippen LogP contribution in [0.1, 0.15) is 5.69 Å². The molecule has 94 valence electrons. The molecule has 2 aromatic rings. The smallest absolute Gasteiger partial charge is 0.387 e. The van der Waals surface area contributed by atoms with Crippen molar-refractivity contribution >= 4 is 5.95 Å². The number of alkyl halides is 2. The summed E-state index contributed by atoms with van der Waals surface area (Å²) in [5.74, 6) is 0.283. The van der Waals surface area contributed by atoms with Crippen LogP contribution >= 0.6 is 0 Å². The van der Waals surface area contributed by atoms with E-state index in [1.807, 2.05) is 0 Å². The van der Waals surface area contributed by atoms with Crippen molar-refractivity contribution in [3.63, 3.8) is 0 Å². The van der Waals surface area contributed by atoms with E-state index in [0.717, 1.165) is 11.3 Å². The molecule has 0 bridgehead atoms. The van der Waals surface area contributed by atoms with E-state index in [9.17, 15) is 8.78 Å². The average molecular weight is 251 g/mol. The van der Waals surface area contributed by atoms with Crippen LogP contribution in [0.25, 0.3) is 11.3 Å². The van der Waals surface area contributed by atoms with Crippen molar-refractivity contribution in [1.82, 2.24) is 9.97 Å². The van der Waals surface area contributed by atoms with Gasteiger partial charge in [-0.3, -0.25) is 0 Å². The number of nitrogens with two attached hydrogens (primary N) is 1. The van der Waals surface area contributed by atoms with E-state index in [1.165, 1.54) is 12.1 Å². The highest BCUT2D eigenvalue weighted by Gasteiger charge is 2.06. The van der Waals surface area contributed by atoms with Gasteiger partial charge in [0, 0.05) is 11.3 Å². The molecule has 4 nitrogen and oxygen atoms in total. The molecule has 0 unspecified atom stereocenters. The predicted molar refractivity (Wildman–Crippen MR) is 63.2 cm³/mol. The summed E-state index contributed by atoms with van der Waals surface area (Å²) < 4.78 is 28.2. The quantitative estimate of drug-likeness (QED) is 0.910. The number of rotatable bonds is 3. The van der Waals surface area contributed by atoms with E-state index in [2.05, 4.69) is 14.7 Å². The number of aromatic nitrogens is 2. The average Bonchev–Trinajstić information content (AvgIpc) is 2.27. The lowest BCUT2D eigenvalue weighted by Crippen LogP contribution is -2.01. The number of aryl methyl sites for hydroxylation is 1. The predicted octanol–water partition coefficient (Wildman–Crippen LogP) is 2.64. The third-order valence-electron chi connectivity index (χ3n) is 2.25. The van der Waals surface area contributed by atoms with Gasteiger partial charge in [-0.05, 0) is 37.3 Å². The number of hydrogen-bond donors (Lipinski definition) is 1. The number of nitrogens with zero attached hydrogens (tertiary/aromatic N) is 2. The van der Waals surface area contributed by atoms with Crippen LogP contribution < -0.4 is 10.5 Å². The number of ether oxygens (including phenoxy) is 1. The molecule has 0 amide bonds. The molecule has 0 radical (unpaired) electrons. The Balaban J connectivity index is 2.28. The van der Waals surface area contributed by atoms with Crippen LogP contribution in [0.5, 0.6) is 5.75 Å². The van der Waals surface area contributed by atoms with Crippen molar-refractivity contribution in [2.45, 2.75) is 13.5 Å². The Bertz CT molecular complexity index is 523. The van der Waals surface area contributed by atoms with Crippen molar-refractivity contribution in [3.05, 3.63) is 36.0 Å². The van der Waals surface area contributed by atoms with Crippen LogP contribution in [0.15, 0.2) is 30.3 Å². The summed E-state index contributed by atoms with van der Waals surface area (Å²) in [4.78, 5) is 8.03. The Hall–Kier alpha value is -2.24. The van der Waals surface area contributed by atoms with E-state index in [-0.39, 0.29) is 11.7 Å². The minimum Gasteiger partial charge on any atom is -0.435 e.